The molecule has 3 aromatic carbocycles. The fourth-order valence-corrected chi connectivity index (χ4v) is 4.59. The van der Waals surface area contributed by atoms with E-state index in [4.69, 9.17) is 5.73 Å². The first-order valence-corrected chi connectivity index (χ1v) is 10.7. The van der Waals surface area contributed by atoms with Crippen LogP contribution in [0.15, 0.2) is 72.8 Å². The van der Waals surface area contributed by atoms with Crippen LogP contribution in [0.25, 0.3) is 0 Å². The van der Waals surface area contributed by atoms with Gasteiger partial charge >= 0.3 is 0 Å². The molecule has 2 aliphatic rings. The molecular weight excluding hydrogens is 402 g/mol. The van der Waals surface area contributed by atoms with Gasteiger partial charge in [0, 0.05) is 25.2 Å². The number of amides is 3. The van der Waals surface area contributed by atoms with Crippen LogP contribution in [-0.4, -0.2) is 40.1 Å². The first kappa shape index (κ1) is 20.0. The average molecular weight is 425 g/mol. The zero-order valence-corrected chi connectivity index (χ0v) is 17.5. The van der Waals surface area contributed by atoms with Crippen LogP contribution >= 0.6 is 0 Å². The molecular formula is C26H23N3O3. The van der Waals surface area contributed by atoms with E-state index in [2.05, 4.69) is 0 Å². The monoisotopic (exact) mass is 425 g/mol. The van der Waals surface area contributed by atoms with Crippen molar-refractivity contribution in [2.24, 2.45) is 0 Å². The highest BCUT2D eigenvalue weighted by Crippen LogP contribution is 2.28. The number of nitrogens with zero attached hydrogens (tertiary/aromatic N) is 2. The third-order valence-corrected chi connectivity index (χ3v) is 6.25. The van der Waals surface area contributed by atoms with Crippen LogP contribution in [0.3, 0.4) is 0 Å². The second-order valence-electron chi connectivity index (χ2n) is 8.27. The first-order valence-electron chi connectivity index (χ1n) is 10.7. The van der Waals surface area contributed by atoms with Crippen molar-refractivity contribution in [3.63, 3.8) is 0 Å². The fourth-order valence-electron chi connectivity index (χ4n) is 4.59. The van der Waals surface area contributed by atoms with E-state index in [0.29, 0.717) is 36.3 Å². The SMILES string of the molecule is Nc1ccc2c(c1)CN(C(=O)C(Cc1ccccc1)N1C(=O)c3ccccc3C1=O)CC2. The summed E-state index contributed by atoms with van der Waals surface area (Å²) < 4.78 is 0. The standard InChI is InChI=1S/C26H23N3O3/c27-20-11-10-18-12-13-28(16-19(18)15-20)26(32)23(14-17-6-2-1-3-7-17)29-24(30)21-8-4-5-9-22(21)25(29)31/h1-11,15,23H,12-14,16,27H2. The summed E-state index contributed by atoms with van der Waals surface area (Å²) in [5.41, 5.74) is 10.4. The second kappa shape index (κ2) is 7.96. The lowest BCUT2D eigenvalue weighted by Crippen LogP contribution is -2.53. The van der Waals surface area contributed by atoms with E-state index in [0.717, 1.165) is 16.0 Å². The Morgan fingerprint density at radius 1 is 0.875 bits per heavy atom. The fraction of sp³-hybridized carbons (Fsp3) is 0.192. The van der Waals surface area contributed by atoms with Gasteiger partial charge in [-0.15, -0.1) is 0 Å². The number of nitrogen functional groups attached to an aromatic ring is 1. The molecule has 0 spiro atoms. The molecule has 0 aromatic heterocycles. The van der Waals surface area contributed by atoms with Crippen molar-refractivity contribution in [3.8, 4) is 0 Å². The van der Waals surface area contributed by atoms with Crippen LogP contribution in [-0.2, 0) is 24.2 Å². The molecule has 2 heterocycles. The highest BCUT2D eigenvalue weighted by atomic mass is 16.2. The van der Waals surface area contributed by atoms with Gasteiger partial charge in [0.05, 0.1) is 11.1 Å². The number of carbonyl (C=O) groups is 3. The zero-order chi connectivity index (χ0) is 22.2. The van der Waals surface area contributed by atoms with E-state index in [1.807, 2.05) is 48.5 Å². The Labute approximate surface area is 186 Å². The molecule has 0 bridgehead atoms. The molecule has 5 rings (SSSR count). The maximum Gasteiger partial charge on any atom is 0.262 e. The molecule has 0 radical (unpaired) electrons. The Morgan fingerprint density at radius 3 is 2.22 bits per heavy atom. The molecule has 1 unspecified atom stereocenters. The van der Waals surface area contributed by atoms with Crippen LogP contribution < -0.4 is 5.73 Å². The summed E-state index contributed by atoms with van der Waals surface area (Å²) in [7, 11) is 0. The van der Waals surface area contributed by atoms with Gasteiger partial charge in [0.25, 0.3) is 11.8 Å². The molecule has 0 saturated carbocycles. The van der Waals surface area contributed by atoms with Crippen molar-refractivity contribution in [1.29, 1.82) is 0 Å². The molecule has 2 N–H and O–H groups in total. The van der Waals surface area contributed by atoms with Gasteiger partial charge in [0.15, 0.2) is 0 Å². The average Bonchev–Trinajstić information content (AvgIpc) is 3.07. The van der Waals surface area contributed by atoms with Crippen molar-refractivity contribution in [3.05, 3.63) is 101 Å². The van der Waals surface area contributed by atoms with Gasteiger partial charge in [-0.25, -0.2) is 0 Å². The molecule has 2 aliphatic heterocycles. The zero-order valence-electron chi connectivity index (χ0n) is 17.5. The number of imide groups is 1. The molecule has 6 nitrogen and oxygen atoms in total. The lowest BCUT2D eigenvalue weighted by molar-refractivity contribution is -0.136. The largest absolute Gasteiger partial charge is 0.399 e. The minimum atomic E-state index is -0.910. The molecule has 160 valence electrons. The van der Waals surface area contributed by atoms with Gasteiger partial charge in [-0.3, -0.25) is 19.3 Å². The predicted molar refractivity (Wildman–Crippen MR) is 121 cm³/mol. The van der Waals surface area contributed by atoms with Crippen LogP contribution in [0.2, 0.25) is 0 Å². The summed E-state index contributed by atoms with van der Waals surface area (Å²) in [6, 6.07) is 21.1. The van der Waals surface area contributed by atoms with Crippen molar-refractivity contribution in [2.45, 2.75) is 25.4 Å². The maximum absolute atomic E-state index is 13.8. The quantitative estimate of drug-likeness (QED) is 0.514. The Hall–Kier alpha value is -3.93. The van der Waals surface area contributed by atoms with Gasteiger partial charge in [-0.1, -0.05) is 48.5 Å². The number of nitrogens with two attached hydrogens (primary N) is 1. The van der Waals surface area contributed by atoms with E-state index < -0.39 is 17.9 Å². The normalized spacial score (nSPS) is 16.0. The summed E-state index contributed by atoms with van der Waals surface area (Å²) in [6.07, 6.45) is 0.979. The number of hydrogen-bond acceptors (Lipinski definition) is 4. The van der Waals surface area contributed by atoms with Crippen molar-refractivity contribution < 1.29 is 14.4 Å². The lowest BCUT2D eigenvalue weighted by atomic mass is 9.97. The summed E-state index contributed by atoms with van der Waals surface area (Å²) >= 11 is 0. The Morgan fingerprint density at radius 2 is 1.53 bits per heavy atom. The van der Waals surface area contributed by atoms with E-state index in [1.165, 1.54) is 5.56 Å². The second-order valence-corrected chi connectivity index (χ2v) is 8.27. The molecule has 3 aromatic rings. The highest BCUT2D eigenvalue weighted by molar-refractivity contribution is 6.22. The number of rotatable bonds is 4. The van der Waals surface area contributed by atoms with Crippen molar-refractivity contribution in [1.82, 2.24) is 9.80 Å². The molecule has 0 aliphatic carbocycles. The van der Waals surface area contributed by atoms with Crippen LogP contribution in [0.5, 0.6) is 0 Å². The molecule has 6 heteroatoms. The van der Waals surface area contributed by atoms with Gasteiger partial charge in [0.2, 0.25) is 5.91 Å². The van der Waals surface area contributed by atoms with E-state index >= 15 is 0 Å². The minimum Gasteiger partial charge on any atom is -0.399 e. The molecule has 1 atom stereocenters. The summed E-state index contributed by atoms with van der Waals surface area (Å²) in [5, 5.41) is 0. The summed E-state index contributed by atoms with van der Waals surface area (Å²) in [4.78, 5) is 43.0. The van der Waals surface area contributed by atoms with Gasteiger partial charge in [-0.2, -0.15) is 0 Å². The third-order valence-electron chi connectivity index (χ3n) is 6.25. The van der Waals surface area contributed by atoms with E-state index in [9.17, 15) is 14.4 Å². The number of anilines is 1. The molecule has 0 fully saturated rings. The number of fused-ring (bicyclic) bond motifs is 2. The Balaban J connectivity index is 1.49. The van der Waals surface area contributed by atoms with Gasteiger partial charge in [0.1, 0.15) is 6.04 Å². The third kappa shape index (κ3) is 3.43. The number of benzene rings is 3. The van der Waals surface area contributed by atoms with Crippen LogP contribution in [0.4, 0.5) is 5.69 Å². The first-order chi connectivity index (χ1) is 15.5. The number of hydrogen-bond donors (Lipinski definition) is 1. The van der Waals surface area contributed by atoms with Crippen molar-refractivity contribution >= 4 is 23.4 Å². The Bertz CT molecular complexity index is 1190. The van der Waals surface area contributed by atoms with Crippen LogP contribution in [0, 0.1) is 0 Å². The van der Waals surface area contributed by atoms with E-state index in [-0.39, 0.29) is 12.3 Å². The molecule has 0 saturated heterocycles. The summed E-state index contributed by atoms with van der Waals surface area (Å²) in [5.74, 6) is -1.06. The van der Waals surface area contributed by atoms with Gasteiger partial charge in [-0.05, 0) is 47.4 Å². The number of carbonyl (C=O) groups excluding carboxylic acids is 3. The highest BCUT2D eigenvalue weighted by Gasteiger charge is 2.44. The topological polar surface area (TPSA) is 83.7 Å². The minimum absolute atomic E-state index is 0.226. The van der Waals surface area contributed by atoms with Crippen molar-refractivity contribution in [2.75, 3.05) is 12.3 Å². The Kier molecular flexibility index (Phi) is 4.98. The van der Waals surface area contributed by atoms with Crippen LogP contribution in [0.1, 0.15) is 37.4 Å². The smallest absolute Gasteiger partial charge is 0.262 e. The summed E-state index contributed by atoms with van der Waals surface area (Å²) in [6.45, 7) is 0.942. The maximum atomic E-state index is 13.8. The van der Waals surface area contributed by atoms with Gasteiger partial charge < -0.3 is 10.6 Å². The van der Waals surface area contributed by atoms with E-state index in [1.54, 1.807) is 29.2 Å². The lowest BCUT2D eigenvalue weighted by Gasteiger charge is -2.34. The molecule has 3 amide bonds. The molecule has 32 heavy (non-hydrogen) atoms. The predicted octanol–water partition coefficient (Wildman–Crippen LogP) is 3.06.